The Kier molecular flexibility index (Phi) is 5.38. The normalized spacial score (nSPS) is 19.0. The van der Waals surface area contributed by atoms with Crippen molar-refractivity contribution in [3.05, 3.63) is 35.4 Å². The first-order chi connectivity index (χ1) is 9.47. The topological polar surface area (TPSA) is 26.0 Å². The van der Waals surface area contributed by atoms with Crippen LogP contribution in [0.4, 0.5) is 13.2 Å². The standard InChI is InChI=1S/C15H20F3NS/c16-15(17,18)12-8-6-11(7-9-12)14(19)10-20-13-4-2-1-3-5-13/h6-9,13-14H,1-5,10,19H2. The maximum atomic E-state index is 12.5. The zero-order valence-electron chi connectivity index (χ0n) is 11.3. The predicted molar refractivity (Wildman–Crippen MR) is 77.7 cm³/mol. The van der Waals surface area contributed by atoms with Crippen molar-refractivity contribution in [2.75, 3.05) is 5.75 Å². The Bertz CT molecular complexity index is 410. The summed E-state index contributed by atoms with van der Waals surface area (Å²) in [6.07, 6.45) is 2.09. The van der Waals surface area contributed by atoms with Gasteiger partial charge in [-0.2, -0.15) is 24.9 Å². The van der Waals surface area contributed by atoms with Crippen molar-refractivity contribution in [1.29, 1.82) is 0 Å². The van der Waals surface area contributed by atoms with Gasteiger partial charge in [-0.05, 0) is 30.5 Å². The van der Waals surface area contributed by atoms with Gasteiger partial charge in [-0.3, -0.25) is 0 Å². The summed E-state index contributed by atoms with van der Waals surface area (Å²) >= 11 is 1.86. The van der Waals surface area contributed by atoms with E-state index in [9.17, 15) is 13.2 Å². The predicted octanol–water partition coefficient (Wildman–Crippen LogP) is 4.77. The van der Waals surface area contributed by atoms with Gasteiger partial charge >= 0.3 is 6.18 Å². The Balaban J connectivity index is 1.87. The van der Waals surface area contributed by atoms with Gasteiger partial charge in [0.15, 0.2) is 0 Å². The van der Waals surface area contributed by atoms with Gasteiger partial charge in [-0.25, -0.2) is 0 Å². The number of hydrogen-bond acceptors (Lipinski definition) is 2. The molecule has 0 bridgehead atoms. The fraction of sp³-hybridized carbons (Fsp3) is 0.600. The average Bonchev–Trinajstić information content (AvgIpc) is 2.45. The van der Waals surface area contributed by atoms with E-state index >= 15 is 0 Å². The van der Waals surface area contributed by atoms with Gasteiger partial charge in [0.1, 0.15) is 0 Å². The smallest absolute Gasteiger partial charge is 0.323 e. The fourth-order valence-corrected chi connectivity index (χ4v) is 3.83. The van der Waals surface area contributed by atoms with E-state index in [-0.39, 0.29) is 6.04 Å². The number of halogens is 3. The van der Waals surface area contributed by atoms with E-state index in [4.69, 9.17) is 5.73 Å². The van der Waals surface area contributed by atoms with Crippen LogP contribution in [0, 0.1) is 0 Å². The first-order valence-corrected chi connectivity index (χ1v) is 8.06. The van der Waals surface area contributed by atoms with E-state index in [1.807, 2.05) is 11.8 Å². The lowest BCUT2D eigenvalue weighted by Crippen LogP contribution is -2.17. The molecule has 20 heavy (non-hydrogen) atoms. The van der Waals surface area contributed by atoms with Gasteiger partial charge in [0.2, 0.25) is 0 Å². The van der Waals surface area contributed by atoms with E-state index in [1.54, 1.807) is 0 Å². The lowest BCUT2D eigenvalue weighted by atomic mass is 10.0. The van der Waals surface area contributed by atoms with Crippen LogP contribution in [0.2, 0.25) is 0 Å². The van der Waals surface area contributed by atoms with Crippen molar-refractivity contribution in [2.45, 2.75) is 49.6 Å². The molecule has 1 unspecified atom stereocenters. The fourth-order valence-electron chi connectivity index (χ4n) is 2.49. The van der Waals surface area contributed by atoms with E-state index in [1.165, 1.54) is 44.2 Å². The second kappa shape index (κ2) is 6.85. The molecule has 1 aliphatic rings. The first-order valence-electron chi connectivity index (χ1n) is 7.01. The number of nitrogens with two attached hydrogens (primary N) is 1. The Labute approximate surface area is 122 Å². The Morgan fingerprint density at radius 3 is 2.25 bits per heavy atom. The largest absolute Gasteiger partial charge is 0.416 e. The lowest BCUT2D eigenvalue weighted by molar-refractivity contribution is -0.137. The Morgan fingerprint density at radius 1 is 1.10 bits per heavy atom. The van der Waals surface area contributed by atoms with Crippen LogP contribution in [0.15, 0.2) is 24.3 Å². The van der Waals surface area contributed by atoms with Crippen molar-refractivity contribution in [1.82, 2.24) is 0 Å². The van der Waals surface area contributed by atoms with Gasteiger partial charge in [-0.15, -0.1) is 0 Å². The monoisotopic (exact) mass is 303 g/mol. The average molecular weight is 303 g/mol. The van der Waals surface area contributed by atoms with E-state index in [0.29, 0.717) is 5.25 Å². The molecule has 0 radical (unpaired) electrons. The van der Waals surface area contributed by atoms with Gasteiger partial charge in [0.05, 0.1) is 5.56 Å². The van der Waals surface area contributed by atoms with Crippen molar-refractivity contribution >= 4 is 11.8 Å². The molecule has 1 nitrogen and oxygen atoms in total. The number of benzene rings is 1. The van der Waals surface area contributed by atoms with Crippen LogP contribution in [0.3, 0.4) is 0 Å². The highest BCUT2D eigenvalue weighted by molar-refractivity contribution is 7.99. The molecule has 0 aliphatic heterocycles. The van der Waals surface area contributed by atoms with Gasteiger partial charge in [-0.1, -0.05) is 31.4 Å². The summed E-state index contributed by atoms with van der Waals surface area (Å²) < 4.78 is 37.4. The minimum absolute atomic E-state index is 0.191. The van der Waals surface area contributed by atoms with E-state index in [0.717, 1.165) is 23.4 Å². The number of rotatable bonds is 4. The van der Waals surface area contributed by atoms with Crippen LogP contribution in [0.1, 0.15) is 49.3 Å². The van der Waals surface area contributed by atoms with Crippen molar-refractivity contribution in [2.24, 2.45) is 5.73 Å². The van der Waals surface area contributed by atoms with Crippen LogP contribution in [-0.2, 0) is 6.18 Å². The van der Waals surface area contributed by atoms with E-state index < -0.39 is 11.7 Å². The third-order valence-corrected chi connectivity index (χ3v) is 5.22. The highest BCUT2D eigenvalue weighted by atomic mass is 32.2. The molecular formula is C15H20F3NS. The molecule has 1 fully saturated rings. The Morgan fingerprint density at radius 2 is 1.70 bits per heavy atom. The molecule has 1 aromatic carbocycles. The van der Waals surface area contributed by atoms with Crippen molar-refractivity contribution in [3.63, 3.8) is 0 Å². The van der Waals surface area contributed by atoms with Crippen LogP contribution < -0.4 is 5.73 Å². The molecule has 1 aromatic rings. The third kappa shape index (κ3) is 4.42. The molecule has 2 rings (SSSR count). The molecule has 0 aromatic heterocycles. The molecule has 0 amide bonds. The first kappa shape index (κ1) is 15.7. The summed E-state index contributed by atoms with van der Waals surface area (Å²) in [5.74, 6) is 0.774. The third-order valence-electron chi connectivity index (χ3n) is 3.73. The quantitative estimate of drug-likeness (QED) is 0.867. The summed E-state index contributed by atoms with van der Waals surface area (Å²) in [6.45, 7) is 0. The second-order valence-corrected chi connectivity index (χ2v) is 6.65. The SMILES string of the molecule is NC(CSC1CCCCC1)c1ccc(C(F)(F)F)cc1. The maximum absolute atomic E-state index is 12.5. The summed E-state index contributed by atoms with van der Waals surface area (Å²) in [4.78, 5) is 0. The molecule has 1 atom stereocenters. The number of thioether (sulfide) groups is 1. The minimum Gasteiger partial charge on any atom is -0.323 e. The van der Waals surface area contributed by atoms with Gasteiger partial charge < -0.3 is 5.73 Å². The van der Waals surface area contributed by atoms with E-state index in [2.05, 4.69) is 0 Å². The van der Waals surface area contributed by atoms with Gasteiger partial charge in [0.25, 0.3) is 0 Å². The summed E-state index contributed by atoms with van der Waals surface area (Å²) in [6, 6.07) is 5.02. The van der Waals surface area contributed by atoms with Crippen LogP contribution in [0.5, 0.6) is 0 Å². The lowest BCUT2D eigenvalue weighted by Gasteiger charge is -2.22. The number of alkyl halides is 3. The summed E-state index contributed by atoms with van der Waals surface area (Å²) in [5.41, 5.74) is 6.23. The zero-order valence-corrected chi connectivity index (χ0v) is 12.1. The molecule has 0 spiro atoms. The van der Waals surface area contributed by atoms with Crippen LogP contribution in [0.25, 0.3) is 0 Å². The number of hydrogen-bond donors (Lipinski definition) is 1. The minimum atomic E-state index is -4.28. The summed E-state index contributed by atoms with van der Waals surface area (Å²) in [5, 5.41) is 0.671. The molecule has 5 heteroatoms. The van der Waals surface area contributed by atoms with Crippen molar-refractivity contribution in [3.8, 4) is 0 Å². The second-order valence-electron chi connectivity index (χ2n) is 5.32. The van der Waals surface area contributed by atoms with Gasteiger partial charge in [0, 0.05) is 17.0 Å². The highest BCUT2D eigenvalue weighted by Crippen LogP contribution is 2.32. The molecule has 2 N–H and O–H groups in total. The van der Waals surface area contributed by atoms with Crippen molar-refractivity contribution < 1.29 is 13.2 Å². The van der Waals surface area contributed by atoms with Crippen LogP contribution >= 0.6 is 11.8 Å². The molecular weight excluding hydrogens is 283 g/mol. The highest BCUT2D eigenvalue weighted by Gasteiger charge is 2.30. The zero-order chi connectivity index (χ0) is 14.6. The molecule has 0 heterocycles. The molecule has 1 aliphatic carbocycles. The summed E-state index contributed by atoms with van der Waals surface area (Å²) in [7, 11) is 0. The van der Waals surface area contributed by atoms with Crippen LogP contribution in [-0.4, -0.2) is 11.0 Å². The maximum Gasteiger partial charge on any atom is 0.416 e. The molecule has 112 valence electrons. The Hall–Kier alpha value is -0.680. The molecule has 1 saturated carbocycles. The molecule has 0 saturated heterocycles.